The van der Waals surface area contributed by atoms with Gasteiger partial charge in [0.1, 0.15) is 0 Å². The Bertz CT molecular complexity index is 376. The highest BCUT2D eigenvalue weighted by Gasteiger charge is 2.15. The lowest BCUT2D eigenvalue weighted by molar-refractivity contribution is 0.229. The Kier molecular flexibility index (Phi) is 4.16. The van der Waals surface area contributed by atoms with E-state index >= 15 is 0 Å². The Hall–Kier alpha value is -1.51. The van der Waals surface area contributed by atoms with E-state index in [-0.39, 0.29) is 17.6 Å². The van der Waals surface area contributed by atoms with Gasteiger partial charge in [-0.25, -0.2) is 4.79 Å². The summed E-state index contributed by atoms with van der Waals surface area (Å²) < 4.78 is 0. The number of rotatable bonds is 2. The van der Waals surface area contributed by atoms with Crippen molar-refractivity contribution in [2.75, 3.05) is 0 Å². The van der Waals surface area contributed by atoms with Gasteiger partial charge in [0.15, 0.2) is 0 Å². The van der Waals surface area contributed by atoms with Gasteiger partial charge < -0.3 is 10.6 Å². The van der Waals surface area contributed by atoms with Crippen LogP contribution in [0.25, 0.3) is 0 Å². The molecule has 0 aliphatic heterocycles. The number of aryl methyl sites for hydroxylation is 1. The molecule has 1 atom stereocenters. The third kappa shape index (κ3) is 4.89. The van der Waals surface area contributed by atoms with Gasteiger partial charge in [-0.05, 0) is 40.2 Å². The SMILES string of the molecule is Cc1ccc(C(C)NC(=O)NC(C)(C)C)cc1. The zero-order valence-corrected chi connectivity index (χ0v) is 11.3. The number of amides is 2. The summed E-state index contributed by atoms with van der Waals surface area (Å²) >= 11 is 0. The summed E-state index contributed by atoms with van der Waals surface area (Å²) in [7, 11) is 0. The summed E-state index contributed by atoms with van der Waals surface area (Å²) in [5, 5.41) is 5.80. The minimum Gasteiger partial charge on any atom is -0.334 e. The average Bonchev–Trinajstić information content (AvgIpc) is 2.15. The molecule has 1 aromatic rings. The minimum atomic E-state index is -0.211. The Labute approximate surface area is 104 Å². The highest BCUT2D eigenvalue weighted by Crippen LogP contribution is 2.13. The van der Waals surface area contributed by atoms with E-state index in [1.165, 1.54) is 5.56 Å². The second-order valence-electron chi connectivity index (χ2n) is 5.48. The first-order valence-electron chi connectivity index (χ1n) is 5.93. The quantitative estimate of drug-likeness (QED) is 0.811. The number of benzene rings is 1. The van der Waals surface area contributed by atoms with Gasteiger partial charge in [0.2, 0.25) is 0 Å². The Morgan fingerprint density at radius 1 is 1.18 bits per heavy atom. The van der Waals surface area contributed by atoms with E-state index in [1.54, 1.807) is 0 Å². The van der Waals surface area contributed by atoms with Crippen LogP contribution in [0.2, 0.25) is 0 Å². The normalized spacial score (nSPS) is 13.0. The lowest BCUT2D eigenvalue weighted by atomic mass is 10.1. The largest absolute Gasteiger partial charge is 0.334 e. The van der Waals surface area contributed by atoms with Crippen molar-refractivity contribution in [3.8, 4) is 0 Å². The molecule has 0 radical (unpaired) electrons. The number of hydrogen-bond acceptors (Lipinski definition) is 1. The number of hydrogen-bond donors (Lipinski definition) is 2. The fourth-order valence-electron chi connectivity index (χ4n) is 1.51. The molecule has 3 heteroatoms. The highest BCUT2D eigenvalue weighted by atomic mass is 16.2. The zero-order valence-electron chi connectivity index (χ0n) is 11.3. The fourth-order valence-corrected chi connectivity index (χ4v) is 1.51. The highest BCUT2D eigenvalue weighted by molar-refractivity contribution is 5.75. The van der Waals surface area contributed by atoms with Gasteiger partial charge in [-0.3, -0.25) is 0 Å². The lowest BCUT2D eigenvalue weighted by Gasteiger charge is -2.23. The molecule has 1 aromatic carbocycles. The summed E-state index contributed by atoms with van der Waals surface area (Å²) in [6.07, 6.45) is 0. The second-order valence-corrected chi connectivity index (χ2v) is 5.48. The third-order valence-electron chi connectivity index (χ3n) is 2.41. The van der Waals surface area contributed by atoms with Crippen molar-refractivity contribution in [1.29, 1.82) is 0 Å². The number of nitrogens with one attached hydrogen (secondary N) is 2. The van der Waals surface area contributed by atoms with Crippen LogP contribution in [-0.4, -0.2) is 11.6 Å². The monoisotopic (exact) mass is 234 g/mol. The topological polar surface area (TPSA) is 41.1 Å². The van der Waals surface area contributed by atoms with E-state index in [0.717, 1.165) is 5.56 Å². The number of carbonyl (C=O) groups is 1. The molecule has 0 fully saturated rings. The predicted octanol–water partition coefficient (Wildman–Crippen LogP) is 3.15. The molecule has 0 aliphatic rings. The van der Waals surface area contributed by atoms with Crippen molar-refractivity contribution in [3.05, 3.63) is 35.4 Å². The first-order valence-corrected chi connectivity index (χ1v) is 5.93. The Morgan fingerprint density at radius 3 is 2.18 bits per heavy atom. The van der Waals surface area contributed by atoms with Crippen LogP contribution in [0.1, 0.15) is 44.9 Å². The van der Waals surface area contributed by atoms with Gasteiger partial charge in [0.05, 0.1) is 6.04 Å². The van der Waals surface area contributed by atoms with E-state index < -0.39 is 0 Å². The van der Waals surface area contributed by atoms with Gasteiger partial charge in [-0.15, -0.1) is 0 Å². The first kappa shape index (κ1) is 13.6. The van der Waals surface area contributed by atoms with Crippen LogP contribution < -0.4 is 10.6 Å². The molecule has 94 valence electrons. The van der Waals surface area contributed by atoms with E-state index in [4.69, 9.17) is 0 Å². The number of urea groups is 1. The summed E-state index contributed by atoms with van der Waals surface area (Å²) in [6.45, 7) is 9.91. The van der Waals surface area contributed by atoms with E-state index in [2.05, 4.69) is 22.8 Å². The summed E-state index contributed by atoms with van der Waals surface area (Å²) in [5.74, 6) is 0. The lowest BCUT2D eigenvalue weighted by Crippen LogP contribution is -2.47. The molecule has 0 saturated heterocycles. The van der Waals surface area contributed by atoms with Crippen molar-refractivity contribution in [3.63, 3.8) is 0 Å². The molecule has 0 heterocycles. The van der Waals surface area contributed by atoms with E-state index in [0.29, 0.717) is 0 Å². The molecule has 1 rings (SSSR count). The summed E-state index contributed by atoms with van der Waals surface area (Å²) in [4.78, 5) is 11.7. The Balaban J connectivity index is 2.57. The molecular weight excluding hydrogens is 212 g/mol. The van der Waals surface area contributed by atoms with Gasteiger partial charge in [0, 0.05) is 5.54 Å². The smallest absolute Gasteiger partial charge is 0.315 e. The van der Waals surface area contributed by atoms with Crippen molar-refractivity contribution >= 4 is 6.03 Å². The summed E-state index contributed by atoms with van der Waals surface area (Å²) in [6, 6.07) is 8.06. The third-order valence-corrected chi connectivity index (χ3v) is 2.41. The van der Waals surface area contributed by atoms with Gasteiger partial charge in [-0.2, -0.15) is 0 Å². The van der Waals surface area contributed by atoms with Crippen LogP contribution in [0.3, 0.4) is 0 Å². The van der Waals surface area contributed by atoms with E-state index in [9.17, 15) is 4.79 Å². The molecule has 0 spiro atoms. The van der Waals surface area contributed by atoms with Gasteiger partial charge >= 0.3 is 6.03 Å². The van der Waals surface area contributed by atoms with Crippen molar-refractivity contribution in [2.24, 2.45) is 0 Å². The standard InChI is InChI=1S/C14H22N2O/c1-10-6-8-12(9-7-10)11(2)15-13(17)16-14(3,4)5/h6-9,11H,1-5H3,(H2,15,16,17). The molecule has 0 bridgehead atoms. The summed E-state index contributed by atoms with van der Waals surface area (Å²) in [5.41, 5.74) is 2.12. The van der Waals surface area contributed by atoms with Gasteiger partial charge in [0.25, 0.3) is 0 Å². The van der Waals surface area contributed by atoms with Crippen molar-refractivity contribution in [2.45, 2.75) is 46.2 Å². The molecule has 2 amide bonds. The van der Waals surface area contributed by atoms with Crippen molar-refractivity contribution < 1.29 is 4.79 Å². The maximum atomic E-state index is 11.7. The van der Waals surface area contributed by atoms with Crippen LogP contribution in [0, 0.1) is 6.92 Å². The van der Waals surface area contributed by atoms with E-state index in [1.807, 2.05) is 46.8 Å². The van der Waals surface area contributed by atoms with Crippen molar-refractivity contribution in [1.82, 2.24) is 10.6 Å². The maximum Gasteiger partial charge on any atom is 0.315 e. The van der Waals surface area contributed by atoms with Crippen LogP contribution in [0.5, 0.6) is 0 Å². The fraction of sp³-hybridized carbons (Fsp3) is 0.500. The molecule has 0 saturated carbocycles. The maximum absolute atomic E-state index is 11.7. The Morgan fingerprint density at radius 2 is 1.71 bits per heavy atom. The molecule has 0 aromatic heterocycles. The van der Waals surface area contributed by atoms with Crippen LogP contribution in [0.4, 0.5) is 4.79 Å². The molecule has 0 aliphatic carbocycles. The molecule has 2 N–H and O–H groups in total. The number of carbonyl (C=O) groups excluding carboxylic acids is 1. The predicted molar refractivity (Wildman–Crippen MR) is 71.0 cm³/mol. The molecule has 17 heavy (non-hydrogen) atoms. The first-order chi connectivity index (χ1) is 7.78. The second kappa shape index (κ2) is 5.21. The zero-order chi connectivity index (χ0) is 13.1. The molecule has 1 unspecified atom stereocenters. The average molecular weight is 234 g/mol. The molecular formula is C14H22N2O. The van der Waals surface area contributed by atoms with Crippen LogP contribution in [-0.2, 0) is 0 Å². The van der Waals surface area contributed by atoms with Crippen LogP contribution >= 0.6 is 0 Å². The minimum absolute atomic E-state index is 0.0120. The van der Waals surface area contributed by atoms with Crippen LogP contribution in [0.15, 0.2) is 24.3 Å². The molecule has 3 nitrogen and oxygen atoms in total. The van der Waals surface area contributed by atoms with Gasteiger partial charge in [-0.1, -0.05) is 29.8 Å².